The first-order chi connectivity index (χ1) is 12.9. The Kier molecular flexibility index (Phi) is 6.08. The van der Waals surface area contributed by atoms with Crippen molar-refractivity contribution in [3.05, 3.63) is 57.4 Å². The van der Waals surface area contributed by atoms with Gasteiger partial charge in [0.1, 0.15) is 11.6 Å². The van der Waals surface area contributed by atoms with E-state index in [0.717, 1.165) is 51.7 Å². The maximum absolute atomic E-state index is 9.38. The Bertz CT molecular complexity index is 940. The van der Waals surface area contributed by atoms with Crippen molar-refractivity contribution in [2.24, 2.45) is 0 Å². The molecule has 1 N–H and O–H groups in total. The molecule has 0 amide bonds. The molecule has 3 aromatic rings. The van der Waals surface area contributed by atoms with Crippen LogP contribution in [0.3, 0.4) is 0 Å². The number of fused-ring (bicyclic) bond motifs is 1. The summed E-state index contributed by atoms with van der Waals surface area (Å²) in [5.74, 6) is 1.78. The van der Waals surface area contributed by atoms with Gasteiger partial charge in [-0.05, 0) is 80.6 Å². The van der Waals surface area contributed by atoms with Crippen LogP contribution in [0.2, 0.25) is 5.02 Å². The molecule has 1 heterocycles. The molecule has 3 rings (SSSR count). The Morgan fingerprint density at radius 3 is 2.33 bits per heavy atom. The highest BCUT2D eigenvalue weighted by atomic mass is 35.5. The van der Waals surface area contributed by atoms with Gasteiger partial charge in [0.2, 0.25) is 0 Å². The van der Waals surface area contributed by atoms with Gasteiger partial charge in [-0.25, -0.2) is 4.98 Å². The van der Waals surface area contributed by atoms with Gasteiger partial charge in [0.25, 0.3) is 0 Å². The molecule has 0 saturated carbocycles. The monoisotopic (exact) mass is 386 g/mol. The first-order valence-corrected chi connectivity index (χ1v) is 9.75. The minimum absolute atomic E-state index is 0.0983. The lowest BCUT2D eigenvalue weighted by Crippen LogP contribution is -2.09. The van der Waals surface area contributed by atoms with E-state index in [-0.39, 0.29) is 6.61 Å². The Morgan fingerprint density at radius 1 is 1.00 bits per heavy atom. The van der Waals surface area contributed by atoms with Crippen LogP contribution < -0.4 is 4.74 Å². The first-order valence-electron chi connectivity index (χ1n) is 9.37. The van der Waals surface area contributed by atoms with Gasteiger partial charge in [-0.3, -0.25) is 0 Å². The topological polar surface area (TPSA) is 47.3 Å². The molecule has 1 aromatic heterocycles. The smallest absolute Gasteiger partial charge is 0.119 e. The van der Waals surface area contributed by atoms with E-state index in [1.165, 1.54) is 11.1 Å². The summed E-state index contributed by atoms with van der Waals surface area (Å²) >= 11 is 6.22. The number of imidazole rings is 1. The minimum atomic E-state index is 0.0983. The fraction of sp³-hybridized carbons (Fsp3) is 0.409. The number of hydrogen-bond acceptors (Lipinski definition) is 3. The minimum Gasteiger partial charge on any atom is -0.494 e. The predicted molar refractivity (Wildman–Crippen MR) is 111 cm³/mol. The molecule has 2 aromatic carbocycles. The Hall–Kier alpha value is -2.04. The molecular weight excluding hydrogens is 360 g/mol. The molecule has 5 heteroatoms. The van der Waals surface area contributed by atoms with E-state index in [2.05, 4.69) is 30.5 Å². The van der Waals surface area contributed by atoms with Crippen LogP contribution in [0.15, 0.2) is 24.3 Å². The number of halogens is 1. The summed E-state index contributed by atoms with van der Waals surface area (Å²) in [5.41, 5.74) is 6.67. The fourth-order valence-electron chi connectivity index (χ4n) is 3.37. The summed E-state index contributed by atoms with van der Waals surface area (Å²) in [6.07, 6.45) is 1.42. The van der Waals surface area contributed by atoms with E-state index >= 15 is 0 Å². The Labute approximate surface area is 165 Å². The summed E-state index contributed by atoms with van der Waals surface area (Å²) < 4.78 is 8.14. The summed E-state index contributed by atoms with van der Waals surface area (Å²) in [4.78, 5) is 4.72. The number of hydrogen-bond donors (Lipinski definition) is 1. The van der Waals surface area contributed by atoms with Gasteiger partial charge in [-0.15, -0.1) is 0 Å². The second-order valence-corrected chi connectivity index (χ2v) is 7.53. The van der Waals surface area contributed by atoms with Gasteiger partial charge >= 0.3 is 0 Å². The molecule has 0 spiro atoms. The molecule has 0 atom stereocenters. The Balaban J connectivity index is 1.72. The number of rotatable bonds is 7. The normalized spacial score (nSPS) is 11.3. The summed E-state index contributed by atoms with van der Waals surface area (Å²) in [7, 11) is 0. The zero-order valence-corrected chi connectivity index (χ0v) is 17.2. The van der Waals surface area contributed by atoms with Crippen LogP contribution in [0.1, 0.15) is 34.5 Å². The van der Waals surface area contributed by atoms with Gasteiger partial charge in [-0.2, -0.15) is 0 Å². The molecule has 0 saturated heterocycles. The lowest BCUT2D eigenvalue weighted by molar-refractivity contribution is 0.289. The van der Waals surface area contributed by atoms with Crippen molar-refractivity contribution in [2.75, 3.05) is 13.2 Å². The summed E-state index contributed by atoms with van der Waals surface area (Å²) in [6.45, 7) is 9.72. The average molecular weight is 387 g/mol. The van der Waals surface area contributed by atoms with Crippen molar-refractivity contribution < 1.29 is 9.84 Å². The molecule has 4 nitrogen and oxygen atoms in total. The van der Waals surface area contributed by atoms with E-state index in [0.29, 0.717) is 13.0 Å². The van der Waals surface area contributed by atoms with E-state index in [9.17, 15) is 5.11 Å². The molecular formula is C22H27ClN2O2. The summed E-state index contributed by atoms with van der Waals surface area (Å²) in [6, 6.07) is 8.26. The van der Waals surface area contributed by atoms with Crippen LogP contribution in [0.25, 0.3) is 11.0 Å². The number of benzene rings is 2. The van der Waals surface area contributed by atoms with Crippen molar-refractivity contribution in [1.82, 2.24) is 9.55 Å². The number of aliphatic hydroxyl groups is 1. The first kappa shape index (κ1) is 19.7. The lowest BCUT2D eigenvalue weighted by atomic mass is 10.1. The zero-order valence-electron chi connectivity index (χ0n) is 16.5. The third-order valence-corrected chi connectivity index (χ3v) is 5.58. The molecule has 27 heavy (non-hydrogen) atoms. The van der Waals surface area contributed by atoms with Crippen LogP contribution in [-0.4, -0.2) is 27.9 Å². The third-order valence-electron chi connectivity index (χ3n) is 4.98. The second kappa shape index (κ2) is 8.32. The SMILES string of the molecule is Cc1cc2nc(CCO)n(CCCOc3cc(C)c(Cl)c(C)c3)c2cc1C. The van der Waals surface area contributed by atoms with Crippen molar-refractivity contribution in [3.63, 3.8) is 0 Å². The standard InChI is InChI=1S/C22H27ClN2O2/c1-14-12-19-20(13-15(14)2)25(21(24-19)6-8-26)7-5-9-27-18-10-16(3)22(23)17(4)11-18/h10-13,26H,5-9H2,1-4H3. The van der Waals surface area contributed by atoms with E-state index in [1.807, 2.05) is 26.0 Å². The second-order valence-electron chi connectivity index (χ2n) is 7.15. The maximum Gasteiger partial charge on any atom is 0.119 e. The molecule has 144 valence electrons. The quantitative estimate of drug-likeness (QED) is 0.586. The van der Waals surface area contributed by atoms with Crippen LogP contribution in [-0.2, 0) is 13.0 Å². The highest BCUT2D eigenvalue weighted by molar-refractivity contribution is 6.32. The van der Waals surface area contributed by atoms with Gasteiger partial charge in [-0.1, -0.05) is 11.6 Å². The third kappa shape index (κ3) is 4.28. The molecule has 0 fully saturated rings. The molecule has 0 unspecified atom stereocenters. The van der Waals surface area contributed by atoms with Crippen LogP contribution >= 0.6 is 11.6 Å². The zero-order chi connectivity index (χ0) is 19.6. The highest BCUT2D eigenvalue weighted by Gasteiger charge is 2.12. The average Bonchev–Trinajstić information content (AvgIpc) is 2.93. The number of aryl methyl sites for hydroxylation is 5. The predicted octanol–water partition coefficient (Wildman–Crippen LogP) is 4.93. The van der Waals surface area contributed by atoms with Crippen LogP contribution in [0, 0.1) is 27.7 Å². The van der Waals surface area contributed by atoms with Crippen molar-refractivity contribution in [1.29, 1.82) is 0 Å². The highest BCUT2D eigenvalue weighted by Crippen LogP contribution is 2.26. The van der Waals surface area contributed by atoms with Gasteiger partial charge in [0.15, 0.2) is 0 Å². The number of nitrogens with zero attached hydrogens (tertiary/aromatic N) is 2. The van der Waals surface area contributed by atoms with Crippen molar-refractivity contribution in [3.8, 4) is 5.75 Å². The fourth-order valence-corrected chi connectivity index (χ4v) is 3.48. The molecule has 0 aliphatic heterocycles. The largest absolute Gasteiger partial charge is 0.494 e. The van der Waals surface area contributed by atoms with Gasteiger partial charge in [0.05, 0.1) is 24.2 Å². The Morgan fingerprint density at radius 2 is 1.67 bits per heavy atom. The lowest BCUT2D eigenvalue weighted by Gasteiger charge is -2.12. The van der Waals surface area contributed by atoms with Gasteiger partial charge < -0.3 is 14.4 Å². The van der Waals surface area contributed by atoms with Gasteiger partial charge in [0, 0.05) is 18.0 Å². The molecule has 0 aliphatic carbocycles. The van der Waals surface area contributed by atoms with E-state index in [1.54, 1.807) is 0 Å². The molecule has 0 bridgehead atoms. The number of aromatic nitrogens is 2. The number of ether oxygens (including phenoxy) is 1. The van der Waals surface area contributed by atoms with Crippen molar-refractivity contribution in [2.45, 2.75) is 47.1 Å². The summed E-state index contributed by atoms with van der Waals surface area (Å²) in [5, 5.41) is 10.2. The van der Waals surface area contributed by atoms with E-state index < -0.39 is 0 Å². The van der Waals surface area contributed by atoms with Crippen molar-refractivity contribution >= 4 is 22.6 Å². The van der Waals surface area contributed by atoms with Crippen LogP contribution in [0.4, 0.5) is 0 Å². The number of aliphatic hydroxyl groups excluding tert-OH is 1. The maximum atomic E-state index is 9.38. The molecule has 0 aliphatic rings. The van der Waals surface area contributed by atoms with E-state index in [4.69, 9.17) is 21.3 Å². The van der Waals surface area contributed by atoms with Crippen LogP contribution in [0.5, 0.6) is 5.75 Å². The molecule has 0 radical (unpaired) electrons.